The number of carbonyl (C=O) groups is 1. The van der Waals surface area contributed by atoms with Crippen molar-refractivity contribution in [1.29, 1.82) is 0 Å². The van der Waals surface area contributed by atoms with E-state index < -0.39 is 6.29 Å². The van der Waals surface area contributed by atoms with Crippen molar-refractivity contribution in [3.8, 4) is 0 Å². The monoisotopic (exact) mass is 186 g/mol. The van der Waals surface area contributed by atoms with Crippen molar-refractivity contribution in [2.45, 2.75) is 32.7 Å². The zero-order valence-electron chi connectivity index (χ0n) is 7.86. The van der Waals surface area contributed by atoms with E-state index in [-0.39, 0.29) is 12.1 Å². The Balaban J connectivity index is 2.47. The van der Waals surface area contributed by atoms with Crippen LogP contribution in [0.5, 0.6) is 0 Å². The van der Waals surface area contributed by atoms with Gasteiger partial charge in [-0.05, 0) is 13.0 Å². The lowest BCUT2D eigenvalue weighted by atomic mass is 10.2. The van der Waals surface area contributed by atoms with Crippen molar-refractivity contribution in [3.05, 3.63) is 12.3 Å². The second kappa shape index (κ2) is 4.87. The van der Waals surface area contributed by atoms with Crippen LogP contribution in [0.15, 0.2) is 12.3 Å². The SMILES string of the molecule is CCOC1OC=CCC1OC(C)=O. The summed E-state index contributed by atoms with van der Waals surface area (Å²) in [6.07, 6.45) is 3.24. The molecule has 0 saturated carbocycles. The summed E-state index contributed by atoms with van der Waals surface area (Å²) in [7, 11) is 0. The van der Waals surface area contributed by atoms with Crippen molar-refractivity contribution in [3.63, 3.8) is 0 Å². The first-order valence-corrected chi connectivity index (χ1v) is 4.33. The lowest BCUT2D eigenvalue weighted by molar-refractivity contribution is -0.193. The van der Waals surface area contributed by atoms with Crippen molar-refractivity contribution in [2.75, 3.05) is 6.61 Å². The fraction of sp³-hybridized carbons (Fsp3) is 0.667. The number of esters is 1. The molecule has 0 N–H and O–H groups in total. The molecule has 1 heterocycles. The van der Waals surface area contributed by atoms with E-state index in [0.29, 0.717) is 13.0 Å². The zero-order chi connectivity index (χ0) is 9.68. The van der Waals surface area contributed by atoms with Crippen LogP contribution in [0.1, 0.15) is 20.3 Å². The molecule has 0 fully saturated rings. The van der Waals surface area contributed by atoms with E-state index >= 15 is 0 Å². The number of ether oxygens (including phenoxy) is 3. The molecule has 0 aliphatic carbocycles. The van der Waals surface area contributed by atoms with Gasteiger partial charge in [0, 0.05) is 20.0 Å². The van der Waals surface area contributed by atoms with Crippen LogP contribution in [0.4, 0.5) is 0 Å². The van der Waals surface area contributed by atoms with E-state index in [4.69, 9.17) is 14.2 Å². The Kier molecular flexibility index (Phi) is 3.76. The Bertz CT molecular complexity index is 200. The van der Waals surface area contributed by atoms with E-state index in [1.807, 2.05) is 13.0 Å². The topological polar surface area (TPSA) is 44.8 Å². The summed E-state index contributed by atoms with van der Waals surface area (Å²) in [5.74, 6) is -0.311. The van der Waals surface area contributed by atoms with Crippen molar-refractivity contribution in [2.24, 2.45) is 0 Å². The fourth-order valence-corrected chi connectivity index (χ4v) is 1.15. The minimum Gasteiger partial charge on any atom is -0.469 e. The van der Waals surface area contributed by atoms with Crippen LogP contribution in [0.3, 0.4) is 0 Å². The van der Waals surface area contributed by atoms with E-state index in [1.54, 1.807) is 6.26 Å². The van der Waals surface area contributed by atoms with Crippen LogP contribution >= 0.6 is 0 Å². The Morgan fingerprint density at radius 3 is 3.08 bits per heavy atom. The van der Waals surface area contributed by atoms with Gasteiger partial charge < -0.3 is 14.2 Å². The maximum Gasteiger partial charge on any atom is 0.303 e. The highest BCUT2D eigenvalue weighted by Gasteiger charge is 2.26. The molecule has 2 unspecified atom stereocenters. The van der Waals surface area contributed by atoms with Crippen LogP contribution in [0.25, 0.3) is 0 Å². The van der Waals surface area contributed by atoms with Gasteiger partial charge in [-0.3, -0.25) is 4.79 Å². The zero-order valence-corrected chi connectivity index (χ0v) is 7.86. The molecular weight excluding hydrogens is 172 g/mol. The Morgan fingerprint density at radius 1 is 1.69 bits per heavy atom. The molecule has 0 aromatic carbocycles. The van der Waals surface area contributed by atoms with Crippen LogP contribution in [0.2, 0.25) is 0 Å². The normalized spacial score (nSPS) is 26.6. The van der Waals surface area contributed by atoms with Gasteiger partial charge in [0.2, 0.25) is 6.29 Å². The summed E-state index contributed by atoms with van der Waals surface area (Å²) in [4.78, 5) is 10.7. The average Bonchev–Trinajstić information content (AvgIpc) is 2.08. The quantitative estimate of drug-likeness (QED) is 0.621. The van der Waals surface area contributed by atoms with E-state index in [0.717, 1.165) is 0 Å². The highest BCUT2D eigenvalue weighted by Crippen LogP contribution is 2.16. The van der Waals surface area contributed by atoms with Crippen LogP contribution < -0.4 is 0 Å². The smallest absolute Gasteiger partial charge is 0.303 e. The van der Waals surface area contributed by atoms with Gasteiger partial charge in [-0.15, -0.1) is 0 Å². The van der Waals surface area contributed by atoms with Crippen LogP contribution in [-0.4, -0.2) is 25.0 Å². The Morgan fingerprint density at radius 2 is 2.46 bits per heavy atom. The largest absolute Gasteiger partial charge is 0.469 e. The summed E-state index contributed by atoms with van der Waals surface area (Å²) in [6.45, 7) is 3.78. The molecule has 0 bridgehead atoms. The molecule has 0 spiro atoms. The molecule has 1 aliphatic rings. The average molecular weight is 186 g/mol. The lowest BCUT2D eigenvalue weighted by Crippen LogP contribution is -2.35. The maximum atomic E-state index is 10.7. The molecule has 0 aromatic heterocycles. The number of rotatable bonds is 3. The van der Waals surface area contributed by atoms with Crippen molar-refractivity contribution >= 4 is 5.97 Å². The van der Waals surface area contributed by atoms with Gasteiger partial charge >= 0.3 is 5.97 Å². The van der Waals surface area contributed by atoms with Crippen LogP contribution in [-0.2, 0) is 19.0 Å². The predicted molar refractivity (Wildman–Crippen MR) is 45.8 cm³/mol. The molecule has 0 aromatic rings. The molecule has 4 heteroatoms. The fourth-order valence-electron chi connectivity index (χ4n) is 1.15. The second-order valence-electron chi connectivity index (χ2n) is 2.72. The molecule has 4 nitrogen and oxygen atoms in total. The van der Waals surface area contributed by atoms with E-state index in [9.17, 15) is 4.79 Å². The van der Waals surface area contributed by atoms with Gasteiger partial charge in [-0.25, -0.2) is 0 Å². The molecule has 0 amide bonds. The first-order chi connectivity index (χ1) is 6.24. The molecule has 0 radical (unpaired) electrons. The molecule has 1 aliphatic heterocycles. The first-order valence-electron chi connectivity index (χ1n) is 4.33. The van der Waals surface area contributed by atoms with Gasteiger partial charge in [0.1, 0.15) is 0 Å². The van der Waals surface area contributed by atoms with Crippen LogP contribution in [0, 0.1) is 0 Å². The van der Waals surface area contributed by atoms with Gasteiger partial charge in [-0.1, -0.05) is 0 Å². The summed E-state index contributed by atoms with van der Waals surface area (Å²) in [5.41, 5.74) is 0. The maximum absolute atomic E-state index is 10.7. The Labute approximate surface area is 77.5 Å². The van der Waals surface area contributed by atoms with E-state index in [2.05, 4.69) is 0 Å². The highest BCUT2D eigenvalue weighted by molar-refractivity contribution is 5.66. The lowest BCUT2D eigenvalue weighted by Gasteiger charge is -2.27. The van der Waals surface area contributed by atoms with Crippen molar-refractivity contribution < 1.29 is 19.0 Å². The third-order valence-corrected chi connectivity index (χ3v) is 1.63. The Hall–Kier alpha value is -1.03. The van der Waals surface area contributed by atoms with Crippen molar-refractivity contribution in [1.82, 2.24) is 0 Å². The third kappa shape index (κ3) is 3.06. The summed E-state index contributed by atoms with van der Waals surface area (Å²) in [5, 5.41) is 0. The first kappa shape index (κ1) is 10.1. The minimum atomic E-state index is -0.459. The summed E-state index contributed by atoms with van der Waals surface area (Å²) >= 11 is 0. The molecule has 2 atom stereocenters. The third-order valence-electron chi connectivity index (χ3n) is 1.63. The molecule has 13 heavy (non-hydrogen) atoms. The summed E-state index contributed by atoms with van der Waals surface area (Å²) < 4.78 is 15.4. The number of carbonyl (C=O) groups excluding carboxylic acids is 1. The molecule has 0 saturated heterocycles. The molecular formula is C9H14O4. The molecule has 74 valence electrons. The number of hydrogen-bond acceptors (Lipinski definition) is 4. The second-order valence-corrected chi connectivity index (χ2v) is 2.72. The molecule has 1 rings (SSSR count). The van der Waals surface area contributed by atoms with E-state index in [1.165, 1.54) is 6.92 Å². The number of hydrogen-bond donors (Lipinski definition) is 0. The van der Waals surface area contributed by atoms with Gasteiger partial charge in [-0.2, -0.15) is 0 Å². The van der Waals surface area contributed by atoms with Gasteiger partial charge in [0.15, 0.2) is 6.10 Å². The van der Waals surface area contributed by atoms with Gasteiger partial charge in [0.25, 0.3) is 0 Å². The predicted octanol–water partition coefficient (Wildman–Crippen LogP) is 1.21. The summed E-state index contributed by atoms with van der Waals surface area (Å²) in [6, 6.07) is 0. The highest BCUT2D eigenvalue weighted by atomic mass is 16.7. The standard InChI is InChI=1S/C9H14O4/c1-3-11-9-8(13-7(2)10)5-4-6-12-9/h4,6,8-9H,3,5H2,1-2H3. The minimum absolute atomic E-state index is 0.311. The van der Waals surface area contributed by atoms with Gasteiger partial charge in [0.05, 0.1) is 6.26 Å².